The molecule has 28 heavy (non-hydrogen) atoms. The summed E-state index contributed by atoms with van der Waals surface area (Å²) in [6, 6.07) is 11.8. The van der Waals surface area contributed by atoms with E-state index in [1.165, 1.54) is 42.7 Å². The first-order valence-corrected chi connectivity index (χ1v) is 8.23. The summed E-state index contributed by atoms with van der Waals surface area (Å²) >= 11 is 0. The van der Waals surface area contributed by atoms with Gasteiger partial charge in [-0.2, -0.15) is 13.2 Å². The van der Waals surface area contributed by atoms with E-state index in [0.29, 0.717) is 11.4 Å². The fraction of sp³-hybridized carbons (Fsp3) is 0.100. The summed E-state index contributed by atoms with van der Waals surface area (Å²) in [4.78, 5) is 16.2. The molecule has 1 aromatic heterocycles. The Morgan fingerprint density at radius 2 is 1.61 bits per heavy atom. The molecule has 0 radical (unpaired) electrons. The maximum atomic E-state index is 12.9. The van der Waals surface area contributed by atoms with Crippen LogP contribution < -0.4 is 10.6 Å². The zero-order valence-corrected chi connectivity index (χ0v) is 14.4. The number of rotatable bonds is 5. The van der Waals surface area contributed by atoms with Gasteiger partial charge < -0.3 is 10.6 Å². The van der Waals surface area contributed by atoms with Gasteiger partial charge in [-0.05, 0) is 48.0 Å². The molecule has 3 aromatic rings. The zero-order chi connectivity index (χ0) is 20.1. The Morgan fingerprint density at radius 3 is 2.25 bits per heavy atom. The molecule has 0 bridgehead atoms. The number of benzene rings is 2. The summed E-state index contributed by atoms with van der Waals surface area (Å²) in [5.41, 5.74) is 1.15. The molecule has 0 unspecified atom stereocenters. The minimum absolute atomic E-state index is 0.218. The van der Waals surface area contributed by atoms with Crippen molar-refractivity contribution >= 4 is 17.3 Å². The highest BCUT2D eigenvalue weighted by molar-refractivity contribution is 5.94. The van der Waals surface area contributed by atoms with E-state index >= 15 is 0 Å². The molecule has 144 valence electrons. The van der Waals surface area contributed by atoms with Crippen LogP contribution in [0, 0.1) is 5.82 Å². The molecule has 1 amide bonds. The van der Waals surface area contributed by atoms with Crippen molar-refractivity contribution in [3.8, 4) is 0 Å². The van der Waals surface area contributed by atoms with Crippen molar-refractivity contribution in [1.82, 2.24) is 10.3 Å². The molecule has 0 aliphatic carbocycles. The first-order chi connectivity index (χ1) is 13.3. The monoisotopic (exact) mass is 389 g/mol. The van der Waals surface area contributed by atoms with E-state index in [0.717, 1.165) is 17.7 Å². The van der Waals surface area contributed by atoms with Crippen LogP contribution in [-0.4, -0.2) is 10.9 Å². The Bertz CT molecular complexity index is 954. The molecule has 1 heterocycles. The highest BCUT2D eigenvalue weighted by Gasteiger charge is 2.29. The highest BCUT2D eigenvalue weighted by Crippen LogP contribution is 2.30. The SMILES string of the molecule is O=C(NCc1ccc(F)cc1)c1cncc(Nc2ccc(C(F)(F)F)cc2)c1. The second-order valence-corrected chi connectivity index (χ2v) is 5.97. The lowest BCUT2D eigenvalue weighted by Gasteiger charge is -2.10. The fourth-order valence-corrected chi connectivity index (χ4v) is 2.43. The predicted molar refractivity (Wildman–Crippen MR) is 96.5 cm³/mol. The number of hydrogen-bond donors (Lipinski definition) is 2. The summed E-state index contributed by atoms with van der Waals surface area (Å²) in [5, 5.41) is 5.60. The molecular formula is C20H15F4N3O. The van der Waals surface area contributed by atoms with Gasteiger partial charge in [-0.15, -0.1) is 0 Å². The molecule has 3 rings (SSSR count). The van der Waals surface area contributed by atoms with Crippen molar-refractivity contribution < 1.29 is 22.4 Å². The third-order valence-corrected chi connectivity index (χ3v) is 3.87. The van der Waals surface area contributed by atoms with Crippen LogP contribution in [0.4, 0.5) is 28.9 Å². The molecule has 4 nitrogen and oxygen atoms in total. The summed E-state index contributed by atoms with van der Waals surface area (Å²) in [6.07, 6.45) is -1.57. The average Bonchev–Trinajstić information content (AvgIpc) is 2.67. The minimum Gasteiger partial charge on any atom is -0.354 e. The van der Waals surface area contributed by atoms with E-state index in [1.54, 1.807) is 12.1 Å². The Labute approximate surface area is 158 Å². The zero-order valence-electron chi connectivity index (χ0n) is 14.4. The topological polar surface area (TPSA) is 54.0 Å². The molecule has 0 fully saturated rings. The number of alkyl halides is 3. The maximum absolute atomic E-state index is 12.9. The number of nitrogens with one attached hydrogen (secondary N) is 2. The van der Waals surface area contributed by atoms with E-state index in [4.69, 9.17) is 0 Å². The molecule has 0 spiro atoms. The van der Waals surface area contributed by atoms with Gasteiger partial charge >= 0.3 is 6.18 Å². The van der Waals surface area contributed by atoms with Gasteiger partial charge in [-0.1, -0.05) is 12.1 Å². The van der Waals surface area contributed by atoms with Crippen LogP contribution in [-0.2, 0) is 12.7 Å². The Morgan fingerprint density at radius 1 is 0.929 bits per heavy atom. The Kier molecular flexibility index (Phi) is 5.58. The average molecular weight is 389 g/mol. The summed E-state index contributed by atoms with van der Waals surface area (Å²) < 4.78 is 50.7. The third kappa shape index (κ3) is 5.06. The maximum Gasteiger partial charge on any atom is 0.416 e. The van der Waals surface area contributed by atoms with Gasteiger partial charge in [-0.25, -0.2) is 4.39 Å². The molecular weight excluding hydrogens is 374 g/mol. The van der Waals surface area contributed by atoms with Crippen molar-refractivity contribution in [3.63, 3.8) is 0 Å². The predicted octanol–water partition coefficient (Wildman–Crippen LogP) is 4.91. The third-order valence-electron chi connectivity index (χ3n) is 3.87. The molecule has 0 aliphatic rings. The lowest BCUT2D eigenvalue weighted by molar-refractivity contribution is -0.137. The number of carbonyl (C=O) groups is 1. The lowest BCUT2D eigenvalue weighted by atomic mass is 10.2. The van der Waals surface area contributed by atoms with Crippen LogP contribution in [0.5, 0.6) is 0 Å². The van der Waals surface area contributed by atoms with Crippen molar-refractivity contribution in [1.29, 1.82) is 0 Å². The van der Waals surface area contributed by atoms with Gasteiger partial charge in [0.15, 0.2) is 0 Å². The van der Waals surface area contributed by atoms with E-state index in [2.05, 4.69) is 15.6 Å². The van der Waals surface area contributed by atoms with E-state index in [1.807, 2.05) is 0 Å². The van der Waals surface area contributed by atoms with Crippen LogP contribution in [0.25, 0.3) is 0 Å². The van der Waals surface area contributed by atoms with Crippen LogP contribution in [0.2, 0.25) is 0 Å². The lowest BCUT2D eigenvalue weighted by Crippen LogP contribution is -2.23. The summed E-state index contributed by atoms with van der Waals surface area (Å²) in [6.45, 7) is 0.218. The molecule has 0 atom stereocenters. The molecule has 0 aliphatic heterocycles. The van der Waals surface area contributed by atoms with Gasteiger partial charge in [0, 0.05) is 18.4 Å². The van der Waals surface area contributed by atoms with Crippen LogP contribution in [0.3, 0.4) is 0 Å². The van der Waals surface area contributed by atoms with Crippen molar-refractivity contribution in [2.75, 3.05) is 5.32 Å². The number of aromatic nitrogens is 1. The number of anilines is 2. The van der Waals surface area contributed by atoms with Crippen LogP contribution >= 0.6 is 0 Å². The normalized spacial score (nSPS) is 11.1. The largest absolute Gasteiger partial charge is 0.416 e. The molecule has 0 saturated carbocycles. The smallest absolute Gasteiger partial charge is 0.354 e. The summed E-state index contributed by atoms with van der Waals surface area (Å²) in [5.74, 6) is -0.741. The molecule has 8 heteroatoms. The van der Waals surface area contributed by atoms with E-state index in [9.17, 15) is 22.4 Å². The minimum atomic E-state index is -4.40. The fourth-order valence-electron chi connectivity index (χ4n) is 2.43. The van der Waals surface area contributed by atoms with Crippen molar-refractivity contribution in [2.45, 2.75) is 12.7 Å². The number of nitrogens with zero attached hydrogens (tertiary/aromatic N) is 1. The van der Waals surface area contributed by atoms with Gasteiger partial charge in [0.2, 0.25) is 0 Å². The second kappa shape index (κ2) is 8.08. The van der Waals surface area contributed by atoms with Crippen LogP contribution in [0.1, 0.15) is 21.5 Å². The Hall–Kier alpha value is -3.42. The molecule has 2 N–H and O–H groups in total. The van der Waals surface area contributed by atoms with E-state index in [-0.39, 0.29) is 23.8 Å². The first kappa shape index (κ1) is 19.3. The van der Waals surface area contributed by atoms with Gasteiger partial charge in [0.05, 0.1) is 23.0 Å². The highest BCUT2D eigenvalue weighted by atomic mass is 19.4. The quantitative estimate of drug-likeness (QED) is 0.610. The van der Waals surface area contributed by atoms with Crippen molar-refractivity contribution in [3.05, 3.63) is 89.5 Å². The number of pyridine rings is 1. The Balaban J connectivity index is 1.64. The first-order valence-electron chi connectivity index (χ1n) is 8.23. The van der Waals surface area contributed by atoms with Crippen LogP contribution in [0.15, 0.2) is 67.0 Å². The van der Waals surface area contributed by atoms with Gasteiger partial charge in [-0.3, -0.25) is 9.78 Å². The summed E-state index contributed by atoms with van der Waals surface area (Å²) in [7, 11) is 0. The molecule has 2 aromatic carbocycles. The number of halogens is 4. The number of carbonyl (C=O) groups excluding carboxylic acids is 1. The second-order valence-electron chi connectivity index (χ2n) is 5.97. The van der Waals surface area contributed by atoms with Gasteiger partial charge in [0.1, 0.15) is 5.82 Å². The number of amides is 1. The van der Waals surface area contributed by atoms with Gasteiger partial charge in [0.25, 0.3) is 5.91 Å². The number of hydrogen-bond acceptors (Lipinski definition) is 3. The standard InChI is InChI=1S/C20H15F4N3O/c21-16-5-1-13(2-6-16)10-26-19(28)14-9-18(12-25-11-14)27-17-7-3-15(4-8-17)20(22,23)24/h1-9,11-12,27H,10H2,(H,26,28). The van der Waals surface area contributed by atoms with E-state index < -0.39 is 11.7 Å². The van der Waals surface area contributed by atoms with Crippen molar-refractivity contribution in [2.24, 2.45) is 0 Å². The molecule has 0 saturated heterocycles.